The fourth-order valence-electron chi connectivity index (χ4n) is 1.44. The molecule has 0 aliphatic rings. The van der Waals surface area contributed by atoms with Gasteiger partial charge in [-0.1, -0.05) is 29.8 Å². The summed E-state index contributed by atoms with van der Waals surface area (Å²) in [7, 11) is 0. The predicted molar refractivity (Wildman–Crippen MR) is 71.9 cm³/mol. The standard InChI is InChI=1S/C13H20BrNO/c1-4-16-12-5-6-13(14)11(7-12)9-15-8-10(2)3/h5-7,10,15H,4,8-9H2,1-3H3. The molecule has 0 aromatic heterocycles. The van der Waals surface area contributed by atoms with Crippen LogP contribution in [0.15, 0.2) is 22.7 Å². The summed E-state index contributed by atoms with van der Waals surface area (Å²) in [5.74, 6) is 1.61. The highest BCUT2D eigenvalue weighted by molar-refractivity contribution is 9.10. The Kier molecular flexibility index (Phi) is 5.85. The summed E-state index contributed by atoms with van der Waals surface area (Å²) in [6.45, 7) is 9.03. The van der Waals surface area contributed by atoms with Crippen LogP contribution in [0, 0.1) is 5.92 Å². The van der Waals surface area contributed by atoms with E-state index in [1.54, 1.807) is 0 Å². The van der Waals surface area contributed by atoms with E-state index < -0.39 is 0 Å². The quantitative estimate of drug-likeness (QED) is 0.862. The number of rotatable bonds is 6. The van der Waals surface area contributed by atoms with Crippen LogP contribution in [0.3, 0.4) is 0 Å². The van der Waals surface area contributed by atoms with Gasteiger partial charge in [-0.25, -0.2) is 0 Å². The zero-order valence-corrected chi connectivity index (χ0v) is 11.8. The molecule has 3 heteroatoms. The molecule has 2 nitrogen and oxygen atoms in total. The molecule has 1 N–H and O–H groups in total. The van der Waals surface area contributed by atoms with Crippen LogP contribution in [-0.4, -0.2) is 13.2 Å². The van der Waals surface area contributed by atoms with Crippen LogP contribution in [0.2, 0.25) is 0 Å². The first kappa shape index (κ1) is 13.5. The molecular formula is C13H20BrNO. The number of hydrogen-bond donors (Lipinski definition) is 1. The molecule has 0 aliphatic carbocycles. The van der Waals surface area contributed by atoms with Gasteiger partial charge in [-0.15, -0.1) is 0 Å². The highest BCUT2D eigenvalue weighted by atomic mass is 79.9. The lowest BCUT2D eigenvalue weighted by molar-refractivity contribution is 0.339. The molecule has 0 saturated heterocycles. The number of halogens is 1. The van der Waals surface area contributed by atoms with Crippen molar-refractivity contribution in [3.63, 3.8) is 0 Å². The van der Waals surface area contributed by atoms with E-state index in [2.05, 4.69) is 41.2 Å². The zero-order valence-electron chi connectivity index (χ0n) is 10.2. The van der Waals surface area contributed by atoms with E-state index in [-0.39, 0.29) is 0 Å². The van der Waals surface area contributed by atoms with Gasteiger partial charge in [0.15, 0.2) is 0 Å². The van der Waals surface area contributed by atoms with Crippen molar-refractivity contribution < 1.29 is 4.74 Å². The average molecular weight is 286 g/mol. The van der Waals surface area contributed by atoms with Gasteiger partial charge in [0.1, 0.15) is 5.75 Å². The molecule has 0 radical (unpaired) electrons. The number of hydrogen-bond acceptors (Lipinski definition) is 2. The van der Waals surface area contributed by atoms with Gasteiger partial charge in [-0.3, -0.25) is 0 Å². The highest BCUT2D eigenvalue weighted by Gasteiger charge is 2.02. The first-order valence-electron chi connectivity index (χ1n) is 5.75. The molecule has 1 aromatic rings. The van der Waals surface area contributed by atoms with Crippen LogP contribution in [-0.2, 0) is 6.54 Å². The molecule has 90 valence electrons. The van der Waals surface area contributed by atoms with Crippen LogP contribution in [0.1, 0.15) is 26.3 Å². The van der Waals surface area contributed by atoms with Crippen molar-refractivity contribution in [1.29, 1.82) is 0 Å². The first-order chi connectivity index (χ1) is 7.63. The Morgan fingerprint density at radius 3 is 2.75 bits per heavy atom. The molecule has 0 bridgehead atoms. The second-order valence-corrected chi connectivity index (χ2v) is 5.07. The van der Waals surface area contributed by atoms with Crippen LogP contribution in [0.25, 0.3) is 0 Å². The molecular weight excluding hydrogens is 266 g/mol. The monoisotopic (exact) mass is 285 g/mol. The van der Waals surface area contributed by atoms with E-state index in [1.165, 1.54) is 5.56 Å². The van der Waals surface area contributed by atoms with Crippen molar-refractivity contribution in [2.24, 2.45) is 5.92 Å². The Morgan fingerprint density at radius 1 is 1.38 bits per heavy atom. The lowest BCUT2D eigenvalue weighted by Gasteiger charge is -2.11. The van der Waals surface area contributed by atoms with Gasteiger partial charge in [0, 0.05) is 11.0 Å². The van der Waals surface area contributed by atoms with Gasteiger partial charge in [0.2, 0.25) is 0 Å². The molecule has 0 spiro atoms. The largest absolute Gasteiger partial charge is 0.494 e. The molecule has 1 rings (SSSR count). The van der Waals surface area contributed by atoms with Gasteiger partial charge in [-0.05, 0) is 43.1 Å². The third kappa shape index (κ3) is 4.54. The maximum Gasteiger partial charge on any atom is 0.119 e. The van der Waals surface area contributed by atoms with E-state index in [0.717, 1.165) is 23.3 Å². The van der Waals surface area contributed by atoms with E-state index in [1.807, 2.05) is 19.1 Å². The molecule has 0 aliphatic heterocycles. The van der Waals surface area contributed by atoms with Gasteiger partial charge >= 0.3 is 0 Å². The third-order valence-corrected chi connectivity index (χ3v) is 2.97. The van der Waals surface area contributed by atoms with Crippen molar-refractivity contribution >= 4 is 15.9 Å². The second kappa shape index (κ2) is 6.92. The average Bonchev–Trinajstić information content (AvgIpc) is 2.22. The van der Waals surface area contributed by atoms with E-state index in [9.17, 15) is 0 Å². The minimum Gasteiger partial charge on any atom is -0.494 e. The maximum atomic E-state index is 5.48. The lowest BCUT2D eigenvalue weighted by atomic mass is 10.2. The summed E-state index contributed by atoms with van der Waals surface area (Å²) in [4.78, 5) is 0. The van der Waals surface area contributed by atoms with Crippen LogP contribution in [0.4, 0.5) is 0 Å². The minimum absolute atomic E-state index is 0.675. The van der Waals surface area contributed by atoms with Crippen molar-refractivity contribution in [1.82, 2.24) is 5.32 Å². The molecule has 0 unspecified atom stereocenters. The Labute approximate surface area is 107 Å². The summed E-state index contributed by atoms with van der Waals surface area (Å²) in [6.07, 6.45) is 0. The summed E-state index contributed by atoms with van der Waals surface area (Å²) in [6, 6.07) is 6.11. The zero-order chi connectivity index (χ0) is 12.0. The van der Waals surface area contributed by atoms with Gasteiger partial charge < -0.3 is 10.1 Å². The van der Waals surface area contributed by atoms with Gasteiger partial charge in [0.25, 0.3) is 0 Å². The van der Waals surface area contributed by atoms with Crippen molar-refractivity contribution in [2.45, 2.75) is 27.3 Å². The Hall–Kier alpha value is -0.540. The molecule has 0 heterocycles. The molecule has 0 fully saturated rings. The van der Waals surface area contributed by atoms with E-state index in [0.29, 0.717) is 12.5 Å². The van der Waals surface area contributed by atoms with Crippen molar-refractivity contribution in [2.75, 3.05) is 13.2 Å². The smallest absolute Gasteiger partial charge is 0.119 e. The third-order valence-electron chi connectivity index (χ3n) is 2.20. The van der Waals surface area contributed by atoms with E-state index in [4.69, 9.17) is 4.74 Å². The molecule has 0 amide bonds. The number of nitrogens with one attached hydrogen (secondary N) is 1. The Morgan fingerprint density at radius 2 is 2.12 bits per heavy atom. The second-order valence-electron chi connectivity index (χ2n) is 4.21. The molecule has 1 aromatic carbocycles. The Balaban J connectivity index is 2.59. The summed E-state index contributed by atoms with van der Waals surface area (Å²) in [5.41, 5.74) is 1.24. The fraction of sp³-hybridized carbons (Fsp3) is 0.538. The first-order valence-corrected chi connectivity index (χ1v) is 6.54. The molecule has 0 saturated carbocycles. The topological polar surface area (TPSA) is 21.3 Å². The number of ether oxygens (including phenoxy) is 1. The SMILES string of the molecule is CCOc1ccc(Br)c(CNCC(C)C)c1. The summed E-state index contributed by atoms with van der Waals surface area (Å²) >= 11 is 3.55. The highest BCUT2D eigenvalue weighted by Crippen LogP contribution is 2.22. The molecule has 0 atom stereocenters. The predicted octanol–water partition coefficient (Wildman–Crippen LogP) is 3.59. The van der Waals surface area contributed by atoms with E-state index >= 15 is 0 Å². The van der Waals surface area contributed by atoms with Crippen molar-refractivity contribution in [3.8, 4) is 5.75 Å². The van der Waals surface area contributed by atoms with Gasteiger partial charge in [-0.2, -0.15) is 0 Å². The minimum atomic E-state index is 0.675. The molecule has 16 heavy (non-hydrogen) atoms. The maximum absolute atomic E-state index is 5.48. The van der Waals surface area contributed by atoms with Crippen LogP contribution >= 0.6 is 15.9 Å². The number of benzene rings is 1. The summed E-state index contributed by atoms with van der Waals surface area (Å²) in [5, 5.41) is 3.43. The lowest BCUT2D eigenvalue weighted by Crippen LogP contribution is -2.19. The van der Waals surface area contributed by atoms with Crippen molar-refractivity contribution in [3.05, 3.63) is 28.2 Å². The van der Waals surface area contributed by atoms with Gasteiger partial charge in [0.05, 0.1) is 6.61 Å². The Bertz CT molecular complexity index is 326. The normalized spacial score (nSPS) is 10.8. The van der Waals surface area contributed by atoms with Crippen LogP contribution < -0.4 is 10.1 Å². The fourth-order valence-corrected chi connectivity index (χ4v) is 1.83. The van der Waals surface area contributed by atoms with Crippen LogP contribution in [0.5, 0.6) is 5.75 Å². The summed E-state index contributed by atoms with van der Waals surface area (Å²) < 4.78 is 6.61.